The van der Waals surface area contributed by atoms with E-state index >= 15 is 0 Å². The molecule has 1 aliphatic carbocycles. The van der Waals surface area contributed by atoms with Crippen LogP contribution in [0.1, 0.15) is 24.2 Å². The highest BCUT2D eigenvalue weighted by Gasteiger charge is 2.52. The molecule has 0 amide bonds. The van der Waals surface area contributed by atoms with Gasteiger partial charge in [0.15, 0.2) is 0 Å². The fraction of sp³-hybridized carbons (Fsp3) is 0.727. The molecule has 2 N–H and O–H groups in total. The Bertz CT molecular complexity index is 399. The van der Waals surface area contributed by atoms with Gasteiger partial charge in [-0.3, -0.25) is 4.68 Å². The maximum atomic E-state index is 5.91. The normalized spacial score (nSPS) is 33.1. The van der Waals surface area contributed by atoms with E-state index in [2.05, 4.69) is 5.10 Å². The van der Waals surface area contributed by atoms with Crippen LogP contribution in [0.25, 0.3) is 0 Å². The van der Waals surface area contributed by atoms with Gasteiger partial charge < -0.3 is 10.5 Å². The molecule has 4 heteroatoms. The molecule has 15 heavy (non-hydrogen) atoms. The molecule has 3 heterocycles. The van der Waals surface area contributed by atoms with E-state index in [4.69, 9.17) is 10.5 Å². The van der Waals surface area contributed by atoms with Gasteiger partial charge in [-0.05, 0) is 32.6 Å². The SMILES string of the molecule is Cc1nn(CC23CC(CO2)C3)c(C)c1N. The van der Waals surface area contributed by atoms with Crippen molar-refractivity contribution in [2.24, 2.45) is 5.92 Å². The van der Waals surface area contributed by atoms with Crippen molar-refractivity contribution in [2.45, 2.75) is 38.8 Å². The number of nitrogens with two attached hydrogens (primary N) is 1. The van der Waals surface area contributed by atoms with Crippen LogP contribution in [-0.4, -0.2) is 22.0 Å². The summed E-state index contributed by atoms with van der Waals surface area (Å²) in [7, 11) is 0. The third-order valence-corrected chi connectivity index (χ3v) is 3.82. The van der Waals surface area contributed by atoms with E-state index < -0.39 is 0 Å². The number of anilines is 1. The molecule has 4 rings (SSSR count). The van der Waals surface area contributed by atoms with Gasteiger partial charge in [-0.15, -0.1) is 0 Å². The Morgan fingerprint density at radius 2 is 2.27 bits per heavy atom. The van der Waals surface area contributed by atoms with Gasteiger partial charge in [-0.2, -0.15) is 5.10 Å². The number of nitrogens with zero attached hydrogens (tertiary/aromatic N) is 2. The molecule has 0 aromatic carbocycles. The highest BCUT2D eigenvalue weighted by atomic mass is 16.5. The molecule has 1 aromatic rings. The minimum Gasteiger partial charge on any atom is -0.396 e. The molecule has 3 fully saturated rings. The van der Waals surface area contributed by atoms with Crippen molar-refractivity contribution in [3.8, 4) is 0 Å². The van der Waals surface area contributed by atoms with Crippen molar-refractivity contribution in [2.75, 3.05) is 12.3 Å². The molecule has 2 aliphatic heterocycles. The quantitative estimate of drug-likeness (QED) is 0.794. The van der Waals surface area contributed by atoms with Crippen LogP contribution in [0.3, 0.4) is 0 Å². The Hall–Kier alpha value is -1.03. The van der Waals surface area contributed by atoms with E-state index in [-0.39, 0.29) is 5.60 Å². The highest BCUT2D eigenvalue weighted by molar-refractivity contribution is 5.46. The van der Waals surface area contributed by atoms with E-state index in [1.807, 2.05) is 18.5 Å². The number of rotatable bonds is 2. The number of fused-ring (bicyclic) bond motifs is 1. The lowest BCUT2D eigenvalue weighted by Gasteiger charge is -2.35. The summed E-state index contributed by atoms with van der Waals surface area (Å²) in [6.45, 7) is 5.79. The summed E-state index contributed by atoms with van der Waals surface area (Å²) in [5, 5.41) is 4.45. The van der Waals surface area contributed by atoms with E-state index in [1.165, 1.54) is 12.8 Å². The fourth-order valence-corrected chi connectivity index (χ4v) is 2.84. The first-order valence-corrected chi connectivity index (χ1v) is 5.53. The first-order chi connectivity index (χ1) is 7.10. The summed E-state index contributed by atoms with van der Waals surface area (Å²) in [4.78, 5) is 0. The first kappa shape index (κ1) is 9.21. The van der Waals surface area contributed by atoms with Gasteiger partial charge in [-0.1, -0.05) is 0 Å². The lowest BCUT2D eigenvalue weighted by atomic mass is 9.74. The summed E-state index contributed by atoms with van der Waals surface area (Å²) in [6, 6.07) is 0. The number of ether oxygens (including phenoxy) is 1. The standard InChI is InChI=1S/C11H17N3O/c1-7-10(12)8(2)14(13-7)6-11-3-9(4-11)5-15-11/h9H,3-6,12H2,1-2H3. The summed E-state index contributed by atoms with van der Waals surface area (Å²) in [5.74, 6) is 0.805. The molecule has 82 valence electrons. The van der Waals surface area contributed by atoms with Crippen LogP contribution < -0.4 is 5.73 Å². The number of nitrogen functional groups attached to an aromatic ring is 1. The topological polar surface area (TPSA) is 53.1 Å². The van der Waals surface area contributed by atoms with Crippen molar-refractivity contribution in [3.63, 3.8) is 0 Å². The van der Waals surface area contributed by atoms with Crippen LogP contribution in [0.5, 0.6) is 0 Å². The number of hydrogen-bond acceptors (Lipinski definition) is 3. The number of aryl methyl sites for hydroxylation is 1. The van der Waals surface area contributed by atoms with Gasteiger partial charge in [0, 0.05) is 0 Å². The zero-order valence-electron chi connectivity index (χ0n) is 9.29. The molecule has 4 nitrogen and oxygen atoms in total. The largest absolute Gasteiger partial charge is 0.396 e. The molecule has 0 radical (unpaired) electrons. The average Bonchev–Trinajstić information content (AvgIpc) is 2.77. The van der Waals surface area contributed by atoms with E-state index in [1.54, 1.807) is 0 Å². The summed E-state index contributed by atoms with van der Waals surface area (Å²) >= 11 is 0. The zero-order valence-corrected chi connectivity index (χ0v) is 9.29. The Morgan fingerprint density at radius 1 is 1.53 bits per heavy atom. The second kappa shape index (κ2) is 2.76. The van der Waals surface area contributed by atoms with Crippen molar-refractivity contribution in [1.29, 1.82) is 0 Å². The number of hydrogen-bond donors (Lipinski definition) is 1. The Kier molecular flexibility index (Phi) is 1.69. The van der Waals surface area contributed by atoms with E-state index in [0.29, 0.717) is 0 Å². The Labute approximate surface area is 89.4 Å². The minimum atomic E-state index is 0.0837. The zero-order chi connectivity index (χ0) is 10.6. The van der Waals surface area contributed by atoms with Crippen molar-refractivity contribution < 1.29 is 4.74 Å². The highest BCUT2D eigenvalue weighted by Crippen LogP contribution is 2.49. The van der Waals surface area contributed by atoms with Gasteiger partial charge in [-0.25, -0.2) is 0 Å². The third kappa shape index (κ3) is 1.21. The maximum absolute atomic E-state index is 5.91. The van der Waals surface area contributed by atoms with Gasteiger partial charge in [0.1, 0.15) is 0 Å². The molecule has 0 unspecified atom stereocenters. The van der Waals surface area contributed by atoms with Gasteiger partial charge in [0.2, 0.25) is 0 Å². The predicted molar refractivity (Wildman–Crippen MR) is 57.5 cm³/mol. The van der Waals surface area contributed by atoms with E-state index in [0.717, 1.165) is 36.1 Å². The lowest BCUT2D eigenvalue weighted by molar-refractivity contribution is -0.0168. The molecule has 0 atom stereocenters. The van der Waals surface area contributed by atoms with Crippen LogP contribution in [-0.2, 0) is 11.3 Å². The summed E-state index contributed by atoms with van der Waals surface area (Å²) < 4.78 is 7.83. The van der Waals surface area contributed by atoms with Gasteiger partial charge in [0.05, 0.1) is 35.8 Å². The molecule has 3 aliphatic rings. The van der Waals surface area contributed by atoms with Crippen molar-refractivity contribution in [3.05, 3.63) is 11.4 Å². The Morgan fingerprint density at radius 3 is 2.73 bits per heavy atom. The van der Waals surface area contributed by atoms with Crippen LogP contribution in [0, 0.1) is 19.8 Å². The molecule has 2 bridgehead atoms. The van der Waals surface area contributed by atoms with Crippen LogP contribution >= 0.6 is 0 Å². The van der Waals surface area contributed by atoms with Gasteiger partial charge in [0.25, 0.3) is 0 Å². The second-order valence-electron chi connectivity index (χ2n) is 5.01. The Balaban J connectivity index is 1.85. The van der Waals surface area contributed by atoms with Crippen molar-refractivity contribution >= 4 is 5.69 Å². The van der Waals surface area contributed by atoms with Crippen LogP contribution in [0.15, 0.2) is 0 Å². The molecule has 1 saturated carbocycles. The second-order valence-corrected chi connectivity index (χ2v) is 5.01. The first-order valence-electron chi connectivity index (χ1n) is 5.53. The lowest BCUT2D eigenvalue weighted by Crippen LogP contribution is -2.41. The van der Waals surface area contributed by atoms with Crippen LogP contribution in [0.2, 0.25) is 0 Å². The molecular weight excluding hydrogens is 190 g/mol. The summed E-state index contributed by atoms with van der Waals surface area (Å²) in [6.07, 6.45) is 2.40. The third-order valence-electron chi connectivity index (χ3n) is 3.82. The number of aromatic nitrogens is 2. The monoisotopic (exact) mass is 207 g/mol. The molecule has 2 saturated heterocycles. The fourth-order valence-electron chi connectivity index (χ4n) is 2.84. The average molecular weight is 207 g/mol. The predicted octanol–water partition coefficient (Wildman–Crippen LogP) is 1.26. The molecular formula is C11H17N3O. The maximum Gasteiger partial charge on any atom is 0.0884 e. The molecule has 1 aromatic heterocycles. The smallest absolute Gasteiger partial charge is 0.0884 e. The summed E-state index contributed by atoms with van der Waals surface area (Å²) in [5.41, 5.74) is 8.81. The minimum absolute atomic E-state index is 0.0837. The van der Waals surface area contributed by atoms with Crippen molar-refractivity contribution in [1.82, 2.24) is 9.78 Å². The van der Waals surface area contributed by atoms with Crippen LogP contribution in [0.4, 0.5) is 5.69 Å². The molecule has 0 spiro atoms. The van der Waals surface area contributed by atoms with E-state index in [9.17, 15) is 0 Å². The van der Waals surface area contributed by atoms with Gasteiger partial charge >= 0.3 is 0 Å².